The van der Waals surface area contributed by atoms with Crippen LogP contribution in [-0.2, 0) is 20.6 Å². The van der Waals surface area contributed by atoms with E-state index in [1.54, 1.807) is 4.90 Å². The summed E-state index contributed by atoms with van der Waals surface area (Å²) in [6.45, 7) is 11.7. The fraction of sp³-hybridized carbons (Fsp3) is 0.600. The van der Waals surface area contributed by atoms with Crippen molar-refractivity contribution in [3.8, 4) is 0 Å². The number of benzene rings is 1. The van der Waals surface area contributed by atoms with E-state index in [0.29, 0.717) is 19.4 Å². The number of likely N-dealkylation sites (tertiary alicyclic amines) is 1. The van der Waals surface area contributed by atoms with Gasteiger partial charge in [0, 0.05) is 6.42 Å². The van der Waals surface area contributed by atoms with E-state index < -0.39 is 14.4 Å². The molecular formula is C20H31NO4Si. The Bertz CT molecular complexity index is 624. The number of hydrogen-bond acceptors (Lipinski definition) is 4. The Kier molecular flexibility index (Phi) is 6.63. The summed E-state index contributed by atoms with van der Waals surface area (Å²) >= 11 is 0. The van der Waals surface area contributed by atoms with Crippen LogP contribution in [0, 0.1) is 0 Å². The summed E-state index contributed by atoms with van der Waals surface area (Å²) in [4.78, 5) is 26.0. The van der Waals surface area contributed by atoms with Gasteiger partial charge in [0.2, 0.25) is 0 Å². The summed E-state index contributed by atoms with van der Waals surface area (Å²) in [7, 11) is -1.91. The van der Waals surface area contributed by atoms with Crippen molar-refractivity contribution >= 4 is 20.2 Å². The molecule has 1 saturated heterocycles. The highest BCUT2D eigenvalue weighted by atomic mass is 28.4. The summed E-state index contributed by atoms with van der Waals surface area (Å²) in [5.41, 5.74) is 0.929. The molecule has 0 aliphatic carbocycles. The van der Waals surface area contributed by atoms with E-state index in [-0.39, 0.29) is 30.0 Å². The second kappa shape index (κ2) is 8.35. The van der Waals surface area contributed by atoms with Gasteiger partial charge in [-0.1, -0.05) is 51.1 Å². The number of hydrogen-bond donors (Lipinski definition) is 0. The average molecular weight is 378 g/mol. The van der Waals surface area contributed by atoms with E-state index in [2.05, 4.69) is 33.9 Å². The molecule has 0 aromatic heterocycles. The summed E-state index contributed by atoms with van der Waals surface area (Å²) in [6.07, 6.45) is 0.688. The lowest BCUT2D eigenvalue weighted by Gasteiger charge is -2.40. The molecule has 0 N–H and O–H groups in total. The van der Waals surface area contributed by atoms with Crippen LogP contribution in [0.2, 0.25) is 18.1 Å². The quantitative estimate of drug-likeness (QED) is 0.715. The second-order valence-corrected chi connectivity index (χ2v) is 13.3. The third-order valence-corrected chi connectivity index (χ3v) is 9.93. The van der Waals surface area contributed by atoms with Crippen LogP contribution in [0.5, 0.6) is 0 Å². The van der Waals surface area contributed by atoms with Gasteiger partial charge in [-0.3, -0.25) is 9.69 Å². The maximum Gasteiger partial charge on any atom is 0.410 e. The van der Waals surface area contributed by atoms with Crippen LogP contribution in [0.25, 0.3) is 0 Å². The van der Waals surface area contributed by atoms with Crippen LogP contribution < -0.4 is 0 Å². The van der Waals surface area contributed by atoms with Crippen LogP contribution in [0.1, 0.15) is 39.2 Å². The molecule has 1 aromatic rings. The highest BCUT2D eigenvalue weighted by Crippen LogP contribution is 2.37. The molecule has 1 unspecified atom stereocenters. The number of Topliss-reactive ketones (excluding diaryl/α,β-unsaturated/α-hetero) is 1. The van der Waals surface area contributed by atoms with Gasteiger partial charge in [-0.15, -0.1) is 0 Å². The molecule has 1 heterocycles. The second-order valence-electron chi connectivity index (χ2n) is 8.47. The van der Waals surface area contributed by atoms with Gasteiger partial charge in [0.15, 0.2) is 14.1 Å². The predicted molar refractivity (Wildman–Crippen MR) is 105 cm³/mol. The Morgan fingerprint density at radius 3 is 2.50 bits per heavy atom. The minimum atomic E-state index is -1.91. The molecule has 6 heteroatoms. The minimum absolute atomic E-state index is 0.0743. The van der Waals surface area contributed by atoms with Crippen LogP contribution in [0.3, 0.4) is 0 Å². The largest absolute Gasteiger partial charge is 0.445 e. The summed E-state index contributed by atoms with van der Waals surface area (Å²) in [5, 5.41) is 0.107. The standard InChI is InChI=1S/C20H31NO4Si/c1-20(2,3)26(4,5)25-15-17-11-12-18(22)13-21(17)19(23)24-14-16-9-7-6-8-10-16/h6-10,17H,11-15H2,1-5H3. The molecule has 1 aliphatic rings. The molecule has 1 amide bonds. The molecule has 1 aliphatic heterocycles. The van der Waals surface area contributed by atoms with Gasteiger partial charge in [-0.25, -0.2) is 4.79 Å². The molecule has 5 nitrogen and oxygen atoms in total. The normalized spacial score (nSPS) is 18.7. The van der Waals surface area contributed by atoms with Crippen molar-refractivity contribution in [3.63, 3.8) is 0 Å². The zero-order chi connectivity index (χ0) is 19.4. The lowest BCUT2D eigenvalue weighted by atomic mass is 10.0. The number of nitrogens with zero attached hydrogens (tertiary/aromatic N) is 1. The van der Waals surface area contributed by atoms with E-state index in [1.165, 1.54) is 0 Å². The number of carbonyl (C=O) groups is 2. The monoisotopic (exact) mass is 377 g/mol. The molecule has 26 heavy (non-hydrogen) atoms. The SMILES string of the molecule is CC(C)(C)[Si](C)(C)OCC1CCC(=O)CN1C(=O)OCc1ccccc1. The smallest absolute Gasteiger partial charge is 0.410 e. The Morgan fingerprint density at radius 2 is 1.88 bits per heavy atom. The van der Waals surface area contributed by atoms with Gasteiger partial charge >= 0.3 is 6.09 Å². The molecule has 144 valence electrons. The van der Waals surface area contributed by atoms with E-state index in [4.69, 9.17) is 9.16 Å². The van der Waals surface area contributed by atoms with E-state index in [0.717, 1.165) is 5.56 Å². The Morgan fingerprint density at radius 1 is 1.23 bits per heavy atom. The summed E-state index contributed by atoms with van der Waals surface area (Å²) in [5.74, 6) is 0.0743. The van der Waals surface area contributed by atoms with Crippen molar-refractivity contribution in [2.24, 2.45) is 0 Å². The zero-order valence-electron chi connectivity index (χ0n) is 16.6. The van der Waals surface area contributed by atoms with E-state index >= 15 is 0 Å². The van der Waals surface area contributed by atoms with Crippen LogP contribution in [0.15, 0.2) is 30.3 Å². The van der Waals surface area contributed by atoms with Crippen molar-refractivity contribution in [2.45, 2.75) is 64.4 Å². The number of rotatable bonds is 5. The first-order chi connectivity index (χ1) is 12.1. The van der Waals surface area contributed by atoms with Gasteiger partial charge in [0.1, 0.15) is 6.61 Å². The predicted octanol–water partition coefficient (Wildman–Crippen LogP) is 4.38. The molecule has 0 saturated carbocycles. The average Bonchev–Trinajstić information content (AvgIpc) is 2.58. The fourth-order valence-electron chi connectivity index (χ4n) is 2.59. The molecule has 0 radical (unpaired) electrons. The number of piperidine rings is 1. The maximum absolute atomic E-state index is 12.6. The first-order valence-corrected chi connectivity index (χ1v) is 12.1. The van der Waals surface area contributed by atoms with Gasteiger partial charge in [-0.05, 0) is 30.1 Å². The van der Waals surface area contributed by atoms with Gasteiger partial charge in [0.25, 0.3) is 0 Å². The molecule has 0 spiro atoms. The van der Waals surface area contributed by atoms with E-state index in [1.807, 2.05) is 30.3 Å². The molecule has 1 fully saturated rings. The first kappa shape index (κ1) is 20.6. The van der Waals surface area contributed by atoms with E-state index in [9.17, 15) is 9.59 Å². The Hall–Kier alpha value is -1.66. The Balaban J connectivity index is 1.98. The van der Waals surface area contributed by atoms with Crippen molar-refractivity contribution < 1.29 is 18.8 Å². The highest BCUT2D eigenvalue weighted by Gasteiger charge is 2.39. The molecule has 1 atom stereocenters. The van der Waals surface area contributed by atoms with Crippen molar-refractivity contribution in [1.82, 2.24) is 4.90 Å². The molecular weight excluding hydrogens is 346 g/mol. The lowest BCUT2D eigenvalue weighted by Crippen LogP contribution is -2.52. The third-order valence-electron chi connectivity index (χ3n) is 5.43. The highest BCUT2D eigenvalue weighted by molar-refractivity contribution is 6.74. The van der Waals surface area contributed by atoms with Crippen LogP contribution in [-0.4, -0.2) is 44.3 Å². The van der Waals surface area contributed by atoms with Crippen molar-refractivity contribution in [2.75, 3.05) is 13.2 Å². The van der Waals surface area contributed by atoms with Crippen molar-refractivity contribution in [3.05, 3.63) is 35.9 Å². The fourth-order valence-corrected chi connectivity index (χ4v) is 3.63. The van der Waals surface area contributed by atoms with Gasteiger partial charge in [0.05, 0.1) is 19.2 Å². The summed E-state index contributed by atoms with van der Waals surface area (Å²) in [6, 6.07) is 9.44. The third kappa shape index (κ3) is 5.41. The van der Waals surface area contributed by atoms with Gasteiger partial charge < -0.3 is 9.16 Å². The molecule has 0 bridgehead atoms. The Labute approximate surface area is 157 Å². The summed E-state index contributed by atoms with van der Waals surface area (Å²) < 4.78 is 11.7. The number of ketones is 1. The molecule has 2 rings (SSSR count). The maximum atomic E-state index is 12.6. The molecule has 1 aromatic carbocycles. The number of ether oxygens (including phenoxy) is 1. The first-order valence-electron chi connectivity index (χ1n) is 9.23. The topological polar surface area (TPSA) is 55.8 Å². The van der Waals surface area contributed by atoms with Gasteiger partial charge in [-0.2, -0.15) is 0 Å². The number of amides is 1. The van der Waals surface area contributed by atoms with Crippen LogP contribution >= 0.6 is 0 Å². The minimum Gasteiger partial charge on any atom is -0.445 e. The van der Waals surface area contributed by atoms with Crippen LogP contribution in [0.4, 0.5) is 4.79 Å². The zero-order valence-corrected chi connectivity index (χ0v) is 17.6. The lowest BCUT2D eigenvalue weighted by molar-refractivity contribution is -0.123. The van der Waals surface area contributed by atoms with Crippen molar-refractivity contribution in [1.29, 1.82) is 0 Å². The number of carbonyl (C=O) groups excluding carboxylic acids is 2.